The van der Waals surface area contributed by atoms with E-state index in [0.29, 0.717) is 22.3 Å². The number of amides is 1. The summed E-state index contributed by atoms with van der Waals surface area (Å²) in [5.41, 5.74) is 10.0. The van der Waals surface area contributed by atoms with E-state index in [4.69, 9.17) is 10.5 Å². The summed E-state index contributed by atoms with van der Waals surface area (Å²) < 4.78 is 13.0. The predicted molar refractivity (Wildman–Crippen MR) is 117 cm³/mol. The second-order valence-electron chi connectivity index (χ2n) is 6.62. The molecule has 0 spiro atoms. The van der Waals surface area contributed by atoms with Crippen molar-refractivity contribution in [3.63, 3.8) is 0 Å². The van der Waals surface area contributed by atoms with Gasteiger partial charge in [-0.25, -0.2) is 10.1 Å². The number of hydrogen-bond acceptors (Lipinski definition) is 12. The highest BCUT2D eigenvalue weighted by molar-refractivity contribution is 7.98. The number of nitrogens with two attached hydrogens (primary N) is 1. The molecule has 4 aromatic rings. The summed E-state index contributed by atoms with van der Waals surface area (Å²) in [5, 5.41) is 28.0. The third kappa shape index (κ3) is 4.52. The third-order valence-electron chi connectivity index (χ3n) is 4.50. The van der Waals surface area contributed by atoms with Gasteiger partial charge in [-0.15, -0.1) is 15.3 Å². The van der Waals surface area contributed by atoms with Gasteiger partial charge >= 0.3 is 0 Å². The van der Waals surface area contributed by atoms with Crippen LogP contribution in [-0.2, 0) is 12.8 Å². The SMILES string of the molecule is COc1ccccc1/C(C)=N/NC(=O)c1nnn(-c2nonc2N)c1CSc1nncn1C. The number of nitrogens with one attached hydrogen (secondary N) is 1. The molecule has 4 rings (SSSR count). The minimum atomic E-state index is -0.570. The number of ether oxygens (including phenoxy) is 1. The first kappa shape index (κ1) is 21.9. The van der Waals surface area contributed by atoms with Crippen molar-refractivity contribution in [3.8, 4) is 11.6 Å². The molecule has 0 bridgehead atoms. The zero-order chi connectivity index (χ0) is 23.4. The number of aromatic nitrogens is 8. The lowest BCUT2D eigenvalue weighted by molar-refractivity contribution is 0.0949. The molecule has 15 heteroatoms. The van der Waals surface area contributed by atoms with E-state index in [-0.39, 0.29) is 23.1 Å². The summed E-state index contributed by atoms with van der Waals surface area (Å²) in [5.74, 6) is 0.433. The van der Waals surface area contributed by atoms with Crippen LogP contribution in [-0.4, -0.2) is 58.8 Å². The molecule has 3 aromatic heterocycles. The van der Waals surface area contributed by atoms with Crippen molar-refractivity contribution in [2.75, 3.05) is 12.8 Å². The smallest absolute Gasteiger partial charge is 0.293 e. The van der Waals surface area contributed by atoms with Crippen LogP contribution in [0.25, 0.3) is 5.82 Å². The molecule has 33 heavy (non-hydrogen) atoms. The van der Waals surface area contributed by atoms with Gasteiger partial charge in [0.2, 0.25) is 11.6 Å². The van der Waals surface area contributed by atoms with Crippen LogP contribution < -0.4 is 15.9 Å². The van der Waals surface area contributed by atoms with E-state index in [1.165, 1.54) is 16.4 Å². The lowest BCUT2D eigenvalue weighted by atomic mass is 10.1. The number of hydrogen-bond donors (Lipinski definition) is 2. The van der Waals surface area contributed by atoms with Gasteiger partial charge in [0.15, 0.2) is 10.9 Å². The molecule has 0 aliphatic heterocycles. The van der Waals surface area contributed by atoms with Crippen LogP contribution in [0.4, 0.5) is 5.82 Å². The second kappa shape index (κ2) is 9.47. The Morgan fingerprint density at radius 1 is 1.30 bits per heavy atom. The molecule has 1 aromatic carbocycles. The average molecular weight is 469 g/mol. The predicted octanol–water partition coefficient (Wildman–Crippen LogP) is 0.816. The largest absolute Gasteiger partial charge is 0.496 e. The fraction of sp³-hybridized carbons (Fsp3) is 0.222. The first-order valence-electron chi connectivity index (χ1n) is 9.47. The Hall–Kier alpha value is -4.27. The topological polar surface area (TPSA) is 177 Å². The van der Waals surface area contributed by atoms with Crippen LogP contribution in [0.15, 0.2) is 45.5 Å². The highest BCUT2D eigenvalue weighted by atomic mass is 32.2. The molecule has 0 aliphatic rings. The van der Waals surface area contributed by atoms with Crippen molar-refractivity contribution in [1.29, 1.82) is 0 Å². The molecule has 14 nitrogen and oxygen atoms in total. The number of hydrazone groups is 1. The lowest BCUT2D eigenvalue weighted by Gasteiger charge is -2.08. The Bertz CT molecular complexity index is 1310. The number of rotatable bonds is 8. The molecule has 0 saturated heterocycles. The Labute approximate surface area is 191 Å². The highest BCUT2D eigenvalue weighted by Crippen LogP contribution is 2.24. The van der Waals surface area contributed by atoms with Crippen molar-refractivity contribution >= 4 is 29.2 Å². The molecule has 0 radical (unpaired) electrons. The maximum absolute atomic E-state index is 13.0. The normalized spacial score (nSPS) is 11.5. The highest BCUT2D eigenvalue weighted by Gasteiger charge is 2.24. The zero-order valence-electron chi connectivity index (χ0n) is 17.8. The molecule has 3 heterocycles. The molecule has 170 valence electrons. The standard InChI is InChI=1S/C18H19N11O3S/c1-10(11-6-4-5-7-13(11)31-3)21-23-17(30)14-12(8-33-18-24-20-9-28(18)2)29(27-22-14)16-15(19)25-32-26-16/h4-7,9H,8H2,1-3H3,(H2,19,25)(H,23,30)/b21-10+. The summed E-state index contributed by atoms with van der Waals surface area (Å²) >= 11 is 1.32. The number of anilines is 1. The monoisotopic (exact) mass is 469 g/mol. The van der Waals surface area contributed by atoms with Crippen LogP contribution in [0.2, 0.25) is 0 Å². The van der Waals surface area contributed by atoms with E-state index in [0.717, 1.165) is 5.56 Å². The van der Waals surface area contributed by atoms with Crippen molar-refractivity contribution in [2.45, 2.75) is 17.8 Å². The molecule has 0 unspecified atom stereocenters. The molecule has 0 fully saturated rings. The molecular weight excluding hydrogens is 450 g/mol. The molecule has 0 saturated carbocycles. The number of nitrogens with zero attached hydrogens (tertiary/aromatic N) is 9. The number of para-hydroxylation sites is 1. The van der Waals surface area contributed by atoms with Crippen LogP contribution in [0.1, 0.15) is 28.7 Å². The molecule has 0 atom stereocenters. The van der Waals surface area contributed by atoms with E-state index in [1.807, 2.05) is 18.2 Å². The summed E-state index contributed by atoms with van der Waals surface area (Å²) in [6, 6.07) is 7.34. The van der Waals surface area contributed by atoms with E-state index in [1.54, 1.807) is 38.0 Å². The van der Waals surface area contributed by atoms with Crippen molar-refractivity contribution in [3.05, 3.63) is 47.5 Å². The van der Waals surface area contributed by atoms with Gasteiger partial charge in [-0.1, -0.05) is 29.1 Å². The number of benzene rings is 1. The van der Waals surface area contributed by atoms with Crippen LogP contribution in [0, 0.1) is 0 Å². The van der Waals surface area contributed by atoms with Gasteiger partial charge in [-0.3, -0.25) is 4.79 Å². The van der Waals surface area contributed by atoms with Gasteiger partial charge in [0.1, 0.15) is 12.1 Å². The van der Waals surface area contributed by atoms with E-state index < -0.39 is 5.91 Å². The van der Waals surface area contributed by atoms with Gasteiger partial charge < -0.3 is 15.0 Å². The number of aryl methyl sites for hydroxylation is 1. The van der Waals surface area contributed by atoms with Crippen LogP contribution in [0.3, 0.4) is 0 Å². The van der Waals surface area contributed by atoms with Gasteiger partial charge in [-0.05, 0) is 29.4 Å². The zero-order valence-corrected chi connectivity index (χ0v) is 18.6. The van der Waals surface area contributed by atoms with Crippen LogP contribution in [0.5, 0.6) is 5.75 Å². The van der Waals surface area contributed by atoms with Gasteiger partial charge in [0.05, 0.1) is 18.5 Å². The fourth-order valence-electron chi connectivity index (χ4n) is 2.84. The Morgan fingerprint density at radius 3 is 2.82 bits per heavy atom. The van der Waals surface area contributed by atoms with Gasteiger partial charge in [-0.2, -0.15) is 9.78 Å². The van der Waals surface area contributed by atoms with Crippen molar-refractivity contribution in [2.24, 2.45) is 12.1 Å². The van der Waals surface area contributed by atoms with Gasteiger partial charge in [0.25, 0.3) is 5.91 Å². The van der Waals surface area contributed by atoms with E-state index in [2.05, 4.69) is 46.0 Å². The first-order chi connectivity index (χ1) is 16.0. The molecule has 1 amide bonds. The van der Waals surface area contributed by atoms with Crippen molar-refractivity contribution < 1.29 is 14.2 Å². The summed E-state index contributed by atoms with van der Waals surface area (Å²) in [7, 11) is 3.37. The van der Waals surface area contributed by atoms with Gasteiger partial charge in [0, 0.05) is 18.4 Å². The second-order valence-corrected chi connectivity index (χ2v) is 7.56. The summed E-state index contributed by atoms with van der Waals surface area (Å²) in [4.78, 5) is 13.0. The molecular formula is C18H19N11O3S. The maximum atomic E-state index is 13.0. The maximum Gasteiger partial charge on any atom is 0.293 e. The summed E-state index contributed by atoms with van der Waals surface area (Å²) in [6.45, 7) is 1.75. The van der Waals surface area contributed by atoms with E-state index in [9.17, 15) is 4.79 Å². The molecule has 0 aliphatic carbocycles. The number of carbonyl (C=O) groups is 1. The van der Waals surface area contributed by atoms with E-state index >= 15 is 0 Å². The number of thioether (sulfide) groups is 1. The number of methoxy groups -OCH3 is 1. The first-order valence-corrected chi connectivity index (χ1v) is 10.5. The average Bonchev–Trinajstić information content (AvgIpc) is 3.55. The summed E-state index contributed by atoms with van der Waals surface area (Å²) in [6.07, 6.45) is 1.57. The Morgan fingerprint density at radius 2 is 2.12 bits per heavy atom. The van der Waals surface area contributed by atoms with Crippen LogP contribution >= 0.6 is 11.8 Å². The number of nitrogen functional groups attached to an aromatic ring is 1. The third-order valence-corrected chi connectivity index (χ3v) is 5.55. The van der Waals surface area contributed by atoms with Crippen molar-refractivity contribution in [1.82, 2.24) is 45.5 Å². The number of carbonyl (C=O) groups excluding carboxylic acids is 1. The Balaban J connectivity index is 1.62. The molecule has 3 N–H and O–H groups in total. The minimum Gasteiger partial charge on any atom is -0.496 e. The minimum absolute atomic E-state index is 0.00167. The fourth-order valence-corrected chi connectivity index (χ4v) is 3.72. The quantitative estimate of drug-likeness (QED) is 0.212. The Kier molecular flexibility index (Phi) is 6.30. The lowest BCUT2D eigenvalue weighted by Crippen LogP contribution is -2.21.